The summed E-state index contributed by atoms with van der Waals surface area (Å²) in [6.07, 6.45) is 3.11. The van der Waals surface area contributed by atoms with Crippen molar-refractivity contribution in [1.29, 1.82) is 0 Å². The van der Waals surface area contributed by atoms with Gasteiger partial charge >= 0.3 is 0 Å². The van der Waals surface area contributed by atoms with E-state index in [1.165, 1.54) is 31.3 Å². The number of anilines is 1. The van der Waals surface area contributed by atoms with Crippen molar-refractivity contribution in [3.05, 3.63) is 66.5 Å². The lowest BCUT2D eigenvalue weighted by atomic mass is 10.0. The van der Waals surface area contributed by atoms with E-state index in [2.05, 4.69) is 23.5 Å². The highest BCUT2D eigenvalue weighted by atomic mass is 32.2. The Morgan fingerprint density at radius 1 is 1.31 bits per heavy atom. The number of nitrogens with one attached hydrogen (secondary N) is 1. The van der Waals surface area contributed by atoms with Crippen molar-refractivity contribution < 1.29 is 22.0 Å². The molecule has 0 atom stereocenters. The van der Waals surface area contributed by atoms with Gasteiger partial charge in [-0.15, -0.1) is 6.58 Å². The molecule has 7 nitrogen and oxygen atoms in total. The van der Waals surface area contributed by atoms with Crippen LogP contribution in [-0.2, 0) is 10.0 Å². The first-order valence-corrected chi connectivity index (χ1v) is 11.6. The average Bonchev–Trinajstić information content (AvgIpc) is 3.10. The quantitative estimate of drug-likeness (QED) is 0.507. The van der Waals surface area contributed by atoms with Crippen LogP contribution in [0.2, 0.25) is 0 Å². The molecule has 0 aliphatic rings. The summed E-state index contributed by atoms with van der Waals surface area (Å²) in [5.74, 6) is -0.495. The lowest BCUT2D eigenvalue weighted by Crippen LogP contribution is -2.32. The van der Waals surface area contributed by atoms with Gasteiger partial charge in [0.1, 0.15) is 11.6 Å². The first-order valence-electron chi connectivity index (χ1n) is 9.78. The molecule has 2 heterocycles. The van der Waals surface area contributed by atoms with Gasteiger partial charge in [-0.2, -0.15) is 4.98 Å². The van der Waals surface area contributed by atoms with E-state index in [4.69, 9.17) is 4.42 Å². The lowest BCUT2D eigenvalue weighted by Gasteiger charge is -2.23. The van der Waals surface area contributed by atoms with Crippen molar-refractivity contribution in [2.45, 2.75) is 13.3 Å². The smallest absolute Gasteiger partial charge is 0.255 e. The molecule has 0 bridgehead atoms. The first kappa shape index (κ1) is 23.2. The number of carbonyl (C=O) groups excluding carboxylic acids is 1. The normalized spacial score (nSPS) is 11.4. The number of hydrogen-bond acceptors (Lipinski definition) is 5. The van der Waals surface area contributed by atoms with Crippen molar-refractivity contribution in [2.75, 3.05) is 24.2 Å². The number of allylic oxidation sites excluding steroid dienone is 1. The predicted molar refractivity (Wildman–Crippen MR) is 125 cm³/mol. The summed E-state index contributed by atoms with van der Waals surface area (Å²) in [5, 5.41) is 2.97. The van der Waals surface area contributed by atoms with Crippen LogP contribution in [0.4, 0.5) is 10.2 Å². The summed E-state index contributed by atoms with van der Waals surface area (Å²) in [6, 6.07) is 7.15. The number of rotatable bonds is 8. The van der Waals surface area contributed by atoms with Gasteiger partial charge in [0.05, 0.1) is 17.2 Å². The fourth-order valence-electron chi connectivity index (χ4n) is 3.31. The molecule has 1 amide bonds. The molecule has 0 saturated heterocycles. The average molecular weight is 458 g/mol. The van der Waals surface area contributed by atoms with Gasteiger partial charge in [-0.3, -0.25) is 9.10 Å². The number of fused-ring (bicyclic) bond motifs is 1. The Hall–Kier alpha value is -3.46. The summed E-state index contributed by atoms with van der Waals surface area (Å²) in [7, 11) is -2.19. The van der Waals surface area contributed by atoms with Gasteiger partial charge in [-0.05, 0) is 49.2 Å². The molecule has 1 aromatic carbocycles. The van der Waals surface area contributed by atoms with Crippen LogP contribution in [0.3, 0.4) is 0 Å². The van der Waals surface area contributed by atoms with Crippen LogP contribution < -0.4 is 9.62 Å². The fraction of sp³-hybridized carbons (Fsp3) is 0.217. The van der Waals surface area contributed by atoms with E-state index in [1.807, 2.05) is 0 Å². The monoisotopic (exact) mass is 457 g/mol. The van der Waals surface area contributed by atoms with Crippen molar-refractivity contribution >= 4 is 38.4 Å². The maximum Gasteiger partial charge on any atom is 0.255 e. The van der Waals surface area contributed by atoms with Crippen LogP contribution in [0.25, 0.3) is 28.0 Å². The van der Waals surface area contributed by atoms with Crippen molar-refractivity contribution in [3.63, 3.8) is 0 Å². The molecule has 3 rings (SSSR count). The minimum atomic E-state index is -3.68. The highest BCUT2D eigenvalue weighted by molar-refractivity contribution is 7.92. The predicted octanol–water partition coefficient (Wildman–Crippen LogP) is 4.37. The first-order chi connectivity index (χ1) is 15.1. The molecule has 3 aromatic rings. The lowest BCUT2D eigenvalue weighted by molar-refractivity contribution is 0.0964. The third kappa shape index (κ3) is 4.43. The van der Waals surface area contributed by atoms with Gasteiger partial charge < -0.3 is 9.73 Å². The molecule has 0 radical (unpaired) electrons. The fourth-order valence-corrected chi connectivity index (χ4v) is 4.20. The van der Waals surface area contributed by atoms with Crippen LogP contribution in [-0.4, -0.2) is 39.2 Å². The van der Waals surface area contributed by atoms with E-state index in [0.29, 0.717) is 28.5 Å². The topological polar surface area (TPSA) is 92.5 Å². The van der Waals surface area contributed by atoms with Gasteiger partial charge in [0, 0.05) is 24.7 Å². The standard InChI is InChI=1S/C23H24FN3O4S/c1-6-7-12-27(32(5,29)30)21-17(14(2)3)13-18-19(22(28)25-4)20(31-23(18)26-21)15-8-10-16(24)11-9-15/h6,8-11,13H,1-2,7,12H2,3-5H3,(H,25,28). The number of sulfonamides is 1. The van der Waals surface area contributed by atoms with Crippen LogP contribution in [0.5, 0.6) is 0 Å². The zero-order valence-corrected chi connectivity index (χ0v) is 18.9. The maximum atomic E-state index is 13.4. The summed E-state index contributed by atoms with van der Waals surface area (Å²) >= 11 is 0. The van der Waals surface area contributed by atoms with Gasteiger partial charge in [0.25, 0.3) is 5.91 Å². The van der Waals surface area contributed by atoms with E-state index in [9.17, 15) is 17.6 Å². The van der Waals surface area contributed by atoms with Crippen LogP contribution in [0.1, 0.15) is 29.3 Å². The maximum absolute atomic E-state index is 13.4. The zero-order chi connectivity index (χ0) is 23.6. The molecule has 0 saturated carbocycles. The Kier molecular flexibility index (Phi) is 6.50. The van der Waals surface area contributed by atoms with Crippen molar-refractivity contribution in [2.24, 2.45) is 0 Å². The molecule has 0 aliphatic carbocycles. The molecular weight excluding hydrogens is 433 g/mol. The third-order valence-electron chi connectivity index (χ3n) is 4.86. The van der Waals surface area contributed by atoms with Crippen molar-refractivity contribution in [3.8, 4) is 11.3 Å². The number of amides is 1. The number of hydrogen-bond donors (Lipinski definition) is 1. The Bertz CT molecular complexity index is 1310. The molecular formula is C23H24FN3O4S. The largest absolute Gasteiger partial charge is 0.437 e. The number of benzene rings is 1. The number of furan rings is 1. The molecule has 32 heavy (non-hydrogen) atoms. The van der Waals surface area contributed by atoms with Crippen LogP contribution in [0, 0.1) is 5.82 Å². The van der Waals surface area contributed by atoms with E-state index < -0.39 is 21.7 Å². The molecule has 0 spiro atoms. The Morgan fingerprint density at radius 3 is 2.50 bits per heavy atom. The number of halogens is 1. The van der Waals surface area contributed by atoms with Gasteiger partial charge in [0.2, 0.25) is 15.7 Å². The SMILES string of the molecule is C=CCCN(c1nc2oc(-c3ccc(F)cc3)c(C(=O)NC)c2cc1C(=C)C)S(C)(=O)=O. The number of nitrogens with zero attached hydrogens (tertiary/aromatic N) is 2. The summed E-state index contributed by atoms with van der Waals surface area (Å²) in [6.45, 7) is 9.46. The Labute approximate surface area is 186 Å². The third-order valence-corrected chi connectivity index (χ3v) is 6.01. The Morgan fingerprint density at radius 2 is 1.97 bits per heavy atom. The summed E-state index contributed by atoms with van der Waals surface area (Å²) in [4.78, 5) is 17.2. The van der Waals surface area contributed by atoms with E-state index in [1.54, 1.807) is 19.1 Å². The van der Waals surface area contributed by atoms with Gasteiger partial charge in [-0.1, -0.05) is 12.7 Å². The summed E-state index contributed by atoms with van der Waals surface area (Å²) in [5.41, 5.74) is 1.80. The number of carbonyl (C=O) groups is 1. The number of pyridine rings is 1. The molecule has 0 unspecified atom stereocenters. The highest BCUT2D eigenvalue weighted by Gasteiger charge is 2.28. The molecule has 9 heteroatoms. The second-order valence-electron chi connectivity index (χ2n) is 7.30. The molecule has 0 aliphatic heterocycles. The molecule has 2 aromatic heterocycles. The molecule has 0 fully saturated rings. The van der Waals surface area contributed by atoms with Crippen LogP contribution >= 0.6 is 0 Å². The minimum Gasteiger partial charge on any atom is -0.437 e. The van der Waals surface area contributed by atoms with Crippen molar-refractivity contribution in [1.82, 2.24) is 10.3 Å². The summed E-state index contributed by atoms with van der Waals surface area (Å²) < 4.78 is 45.6. The minimum absolute atomic E-state index is 0.0789. The van der Waals surface area contributed by atoms with Crippen LogP contribution in [0.15, 0.2) is 54.0 Å². The highest BCUT2D eigenvalue weighted by Crippen LogP contribution is 2.37. The van der Waals surface area contributed by atoms with E-state index in [0.717, 1.165) is 10.6 Å². The van der Waals surface area contributed by atoms with Gasteiger partial charge in [-0.25, -0.2) is 12.8 Å². The molecule has 1 N–H and O–H groups in total. The Balaban J connectivity index is 2.36. The molecule has 168 valence electrons. The van der Waals surface area contributed by atoms with E-state index >= 15 is 0 Å². The second kappa shape index (κ2) is 8.96. The second-order valence-corrected chi connectivity index (χ2v) is 9.20. The van der Waals surface area contributed by atoms with E-state index in [-0.39, 0.29) is 29.4 Å². The number of aromatic nitrogens is 1. The zero-order valence-electron chi connectivity index (χ0n) is 18.1. The van der Waals surface area contributed by atoms with Gasteiger partial charge in [0.15, 0.2) is 5.82 Å².